The molecule has 0 bridgehead atoms. The van der Waals surface area contributed by atoms with Gasteiger partial charge in [0.05, 0.1) is 10.0 Å². The molecule has 136 valence electrons. The number of hydrogen-bond donors (Lipinski definition) is 2. The van der Waals surface area contributed by atoms with Gasteiger partial charge in [0.2, 0.25) is 0 Å². The van der Waals surface area contributed by atoms with Crippen molar-refractivity contribution in [2.24, 2.45) is 0 Å². The molecule has 1 aliphatic rings. The van der Waals surface area contributed by atoms with Crippen LogP contribution in [0.3, 0.4) is 0 Å². The lowest BCUT2D eigenvalue weighted by Crippen LogP contribution is -2.29. The number of cyclic esters (lactones) is 1. The number of rotatable bonds is 2. The molecule has 0 saturated heterocycles. The third-order valence-corrected chi connectivity index (χ3v) is 5.64. The van der Waals surface area contributed by atoms with Crippen LogP contribution in [-0.2, 0) is 10.3 Å². The fourth-order valence-corrected chi connectivity index (χ4v) is 4.19. The van der Waals surface area contributed by atoms with Gasteiger partial charge in [0, 0.05) is 16.7 Å². The molecule has 5 heteroatoms. The van der Waals surface area contributed by atoms with Crippen molar-refractivity contribution in [2.45, 2.75) is 19.4 Å². The van der Waals surface area contributed by atoms with Crippen LogP contribution in [0.1, 0.15) is 38.2 Å². The van der Waals surface area contributed by atoms with Crippen LogP contribution in [0.5, 0.6) is 11.5 Å². The largest absolute Gasteiger partial charge is 0.508 e. The Labute approximate surface area is 165 Å². The summed E-state index contributed by atoms with van der Waals surface area (Å²) < 4.78 is 6.53. The van der Waals surface area contributed by atoms with Crippen LogP contribution in [0, 0.1) is 13.8 Å². The molecule has 4 nitrogen and oxygen atoms in total. The molecule has 0 saturated carbocycles. The summed E-state index contributed by atoms with van der Waals surface area (Å²) in [7, 11) is 0. The van der Waals surface area contributed by atoms with E-state index in [-0.39, 0.29) is 11.5 Å². The first-order valence-electron chi connectivity index (χ1n) is 8.47. The summed E-state index contributed by atoms with van der Waals surface area (Å²) in [5.74, 6) is -0.0823. The van der Waals surface area contributed by atoms with Gasteiger partial charge < -0.3 is 14.9 Å². The first-order chi connectivity index (χ1) is 12.8. The van der Waals surface area contributed by atoms with Gasteiger partial charge in [-0.05, 0) is 71.2 Å². The van der Waals surface area contributed by atoms with Gasteiger partial charge in [0.25, 0.3) is 0 Å². The smallest absolute Gasteiger partial charge is 0.340 e. The third-order valence-electron chi connectivity index (χ3n) is 5.04. The van der Waals surface area contributed by atoms with E-state index in [2.05, 4.69) is 15.9 Å². The number of hydrogen-bond acceptors (Lipinski definition) is 4. The standard InChI is InChI=1S/C22H17BrO4/c1-12-9-14(7-8-19(12)24)22(15-10-13(2)20(25)18(23)11-15)17-6-4-3-5-16(17)21(26)27-22/h3-11,24-25H,1-2H3. The Balaban J connectivity index is 2.09. The average Bonchev–Trinajstić information content (AvgIpc) is 2.96. The van der Waals surface area contributed by atoms with E-state index in [9.17, 15) is 15.0 Å². The number of esters is 1. The van der Waals surface area contributed by atoms with Gasteiger partial charge >= 0.3 is 5.97 Å². The number of ether oxygens (including phenoxy) is 1. The number of carbonyl (C=O) groups excluding carboxylic acids is 1. The normalized spacial score (nSPS) is 18.3. The van der Waals surface area contributed by atoms with Crippen LogP contribution in [0.15, 0.2) is 59.1 Å². The molecule has 0 fully saturated rings. The van der Waals surface area contributed by atoms with Gasteiger partial charge in [-0.2, -0.15) is 0 Å². The molecular formula is C22H17BrO4. The van der Waals surface area contributed by atoms with Gasteiger partial charge in [0.1, 0.15) is 11.5 Å². The molecule has 1 heterocycles. The average molecular weight is 425 g/mol. The first-order valence-corrected chi connectivity index (χ1v) is 9.26. The number of aryl methyl sites for hydroxylation is 2. The number of fused-ring (bicyclic) bond motifs is 1. The lowest BCUT2D eigenvalue weighted by Gasteiger charge is -2.31. The van der Waals surface area contributed by atoms with E-state index in [1.54, 1.807) is 44.2 Å². The molecule has 1 unspecified atom stereocenters. The fraction of sp³-hybridized carbons (Fsp3) is 0.136. The van der Waals surface area contributed by atoms with E-state index < -0.39 is 11.6 Å². The highest BCUT2D eigenvalue weighted by atomic mass is 79.9. The maximum Gasteiger partial charge on any atom is 0.340 e. The first kappa shape index (κ1) is 17.6. The molecule has 0 amide bonds. The zero-order chi connectivity index (χ0) is 19.3. The van der Waals surface area contributed by atoms with Crippen LogP contribution in [0.4, 0.5) is 0 Å². The monoisotopic (exact) mass is 424 g/mol. The summed E-state index contributed by atoms with van der Waals surface area (Å²) in [6.45, 7) is 3.59. The SMILES string of the molecule is Cc1cc(C2(c3cc(C)c(O)c(Br)c3)OC(=O)c3ccccc32)ccc1O. The summed E-state index contributed by atoms with van der Waals surface area (Å²) in [6.07, 6.45) is 0. The molecule has 27 heavy (non-hydrogen) atoms. The lowest BCUT2D eigenvalue weighted by molar-refractivity contribution is 0.0251. The van der Waals surface area contributed by atoms with Crippen LogP contribution in [0.2, 0.25) is 0 Å². The maximum atomic E-state index is 12.7. The zero-order valence-corrected chi connectivity index (χ0v) is 16.4. The summed E-state index contributed by atoms with van der Waals surface area (Å²) >= 11 is 3.39. The highest BCUT2D eigenvalue weighted by molar-refractivity contribution is 9.10. The highest BCUT2D eigenvalue weighted by Gasteiger charge is 2.48. The molecule has 0 radical (unpaired) electrons. The lowest BCUT2D eigenvalue weighted by atomic mass is 9.79. The number of carbonyl (C=O) groups is 1. The van der Waals surface area contributed by atoms with Gasteiger partial charge in [-0.15, -0.1) is 0 Å². The second-order valence-corrected chi connectivity index (χ2v) is 7.60. The molecule has 1 atom stereocenters. The van der Waals surface area contributed by atoms with Crippen molar-refractivity contribution in [1.82, 2.24) is 0 Å². The van der Waals surface area contributed by atoms with E-state index in [1.165, 1.54) is 0 Å². The van der Waals surface area contributed by atoms with Crippen molar-refractivity contribution < 1.29 is 19.7 Å². The van der Waals surface area contributed by atoms with Crippen molar-refractivity contribution in [1.29, 1.82) is 0 Å². The number of halogens is 1. The summed E-state index contributed by atoms with van der Waals surface area (Å²) in [6, 6.07) is 16.0. The molecular weight excluding hydrogens is 408 g/mol. The van der Waals surface area contributed by atoms with Gasteiger partial charge in [-0.1, -0.05) is 24.3 Å². The van der Waals surface area contributed by atoms with Gasteiger partial charge in [-0.3, -0.25) is 0 Å². The van der Waals surface area contributed by atoms with Crippen LogP contribution in [0.25, 0.3) is 0 Å². The topological polar surface area (TPSA) is 66.8 Å². The Kier molecular flexibility index (Phi) is 4.00. The number of benzene rings is 3. The molecule has 3 aromatic carbocycles. The minimum absolute atomic E-state index is 0.147. The molecule has 1 aliphatic heterocycles. The minimum Gasteiger partial charge on any atom is -0.508 e. The van der Waals surface area contributed by atoms with Crippen LogP contribution < -0.4 is 0 Å². The van der Waals surface area contributed by atoms with Crippen LogP contribution >= 0.6 is 15.9 Å². The number of phenolic OH excluding ortho intramolecular Hbond substituents is 2. The summed E-state index contributed by atoms with van der Waals surface area (Å²) in [5.41, 5.74) is 2.87. The number of aromatic hydroxyl groups is 2. The Bertz CT molecular complexity index is 1070. The predicted molar refractivity (Wildman–Crippen MR) is 105 cm³/mol. The molecule has 0 spiro atoms. The molecule has 3 aromatic rings. The predicted octanol–water partition coefficient (Wildman–Crippen LogP) is 4.94. The van der Waals surface area contributed by atoms with E-state index in [1.807, 2.05) is 24.3 Å². The Hall–Kier alpha value is -2.79. The van der Waals surface area contributed by atoms with E-state index >= 15 is 0 Å². The quantitative estimate of drug-likeness (QED) is 0.571. The van der Waals surface area contributed by atoms with Crippen molar-refractivity contribution in [3.8, 4) is 11.5 Å². The van der Waals surface area contributed by atoms with Crippen molar-refractivity contribution in [2.75, 3.05) is 0 Å². The second-order valence-electron chi connectivity index (χ2n) is 6.74. The molecule has 2 N–H and O–H groups in total. The highest BCUT2D eigenvalue weighted by Crippen LogP contribution is 2.49. The number of phenols is 2. The Morgan fingerprint density at radius 3 is 2.33 bits per heavy atom. The molecule has 0 aliphatic carbocycles. The second kappa shape index (κ2) is 6.13. The van der Waals surface area contributed by atoms with Crippen molar-refractivity contribution in [3.05, 3.63) is 92.5 Å². The van der Waals surface area contributed by atoms with Gasteiger partial charge in [0.15, 0.2) is 5.60 Å². The van der Waals surface area contributed by atoms with E-state index in [0.29, 0.717) is 26.7 Å². The van der Waals surface area contributed by atoms with Gasteiger partial charge in [-0.25, -0.2) is 4.79 Å². The zero-order valence-electron chi connectivity index (χ0n) is 14.8. The van der Waals surface area contributed by atoms with E-state index in [4.69, 9.17) is 4.74 Å². The third kappa shape index (κ3) is 2.53. The fourth-order valence-electron chi connectivity index (χ4n) is 3.63. The van der Waals surface area contributed by atoms with E-state index in [0.717, 1.165) is 11.1 Å². The Morgan fingerprint density at radius 2 is 1.63 bits per heavy atom. The Morgan fingerprint density at radius 1 is 0.926 bits per heavy atom. The summed E-state index contributed by atoms with van der Waals surface area (Å²) in [4.78, 5) is 12.7. The van der Waals surface area contributed by atoms with Crippen LogP contribution in [-0.4, -0.2) is 16.2 Å². The maximum absolute atomic E-state index is 12.7. The minimum atomic E-state index is -1.16. The molecule has 0 aromatic heterocycles. The summed E-state index contributed by atoms with van der Waals surface area (Å²) in [5, 5.41) is 20.1. The molecule has 4 rings (SSSR count). The van der Waals surface area contributed by atoms with Crippen molar-refractivity contribution in [3.63, 3.8) is 0 Å². The van der Waals surface area contributed by atoms with Crippen molar-refractivity contribution >= 4 is 21.9 Å².